The summed E-state index contributed by atoms with van der Waals surface area (Å²) in [5.41, 5.74) is 6.19. The van der Waals surface area contributed by atoms with E-state index in [4.69, 9.17) is 10.5 Å². The van der Waals surface area contributed by atoms with E-state index < -0.39 is 0 Å². The fraction of sp³-hybridized carbons (Fsp3) is 0.619. The minimum atomic E-state index is 0. The average Bonchev–Trinajstić information content (AvgIpc) is 3.23. The predicted octanol–water partition coefficient (Wildman–Crippen LogP) is 3.25. The fourth-order valence-electron chi connectivity index (χ4n) is 4.06. The Hall–Kier alpha value is -1.79. The van der Waals surface area contributed by atoms with Crippen LogP contribution in [0.3, 0.4) is 0 Å². The zero-order valence-corrected chi connectivity index (χ0v) is 17.1. The van der Waals surface area contributed by atoms with Crippen LogP contribution >= 0.6 is 12.4 Å². The van der Waals surface area contributed by atoms with E-state index in [0.29, 0.717) is 13.2 Å². The van der Waals surface area contributed by atoms with Gasteiger partial charge in [0.2, 0.25) is 11.8 Å². The molecule has 4 N–H and O–H groups in total. The second-order valence-electron chi connectivity index (χ2n) is 7.69. The molecule has 2 saturated carbocycles. The Bertz CT molecular complexity index is 624. The Morgan fingerprint density at radius 2 is 1.54 bits per heavy atom. The summed E-state index contributed by atoms with van der Waals surface area (Å²) in [6.45, 7) is 0.953. The first-order valence-electron chi connectivity index (χ1n) is 10.2. The number of rotatable bonds is 7. The van der Waals surface area contributed by atoms with Crippen LogP contribution in [0.4, 0.5) is 5.69 Å². The van der Waals surface area contributed by atoms with E-state index in [0.717, 1.165) is 50.0 Å². The molecule has 2 fully saturated rings. The number of nitrogens with one attached hydrogen (secondary N) is 2. The average molecular weight is 410 g/mol. The van der Waals surface area contributed by atoms with Crippen LogP contribution in [0.1, 0.15) is 51.4 Å². The highest BCUT2D eigenvalue weighted by molar-refractivity contribution is 5.92. The van der Waals surface area contributed by atoms with Gasteiger partial charge in [-0.3, -0.25) is 9.59 Å². The van der Waals surface area contributed by atoms with Gasteiger partial charge in [0.25, 0.3) is 0 Å². The highest BCUT2D eigenvalue weighted by Gasteiger charge is 2.29. The second kappa shape index (κ2) is 11.3. The Morgan fingerprint density at radius 1 is 0.929 bits per heavy atom. The van der Waals surface area contributed by atoms with Gasteiger partial charge in [0.05, 0.1) is 0 Å². The number of benzene rings is 1. The van der Waals surface area contributed by atoms with Crippen molar-refractivity contribution in [3.63, 3.8) is 0 Å². The summed E-state index contributed by atoms with van der Waals surface area (Å²) in [6.07, 6.45) is 7.79. The molecule has 28 heavy (non-hydrogen) atoms. The molecule has 2 amide bonds. The first-order valence-corrected chi connectivity index (χ1v) is 10.2. The quantitative estimate of drug-likeness (QED) is 0.644. The molecule has 7 heteroatoms. The number of carbonyl (C=O) groups excluding carboxylic acids is 2. The summed E-state index contributed by atoms with van der Waals surface area (Å²) in [4.78, 5) is 24.8. The standard InChI is InChI=1S/C21H31N3O3.ClH/c22-13-14-27-19-11-9-18(10-12-19)24-21(26)16-5-7-17(8-6-16)23-20(25)15-3-1-2-4-15;/h9-12,15-17H,1-8,13-14,22H2,(H,23,25)(H,24,26);1H. The van der Waals surface area contributed by atoms with Crippen molar-refractivity contribution in [2.75, 3.05) is 18.5 Å². The number of anilines is 1. The summed E-state index contributed by atoms with van der Waals surface area (Å²) in [5.74, 6) is 1.25. The lowest BCUT2D eigenvalue weighted by molar-refractivity contribution is -0.125. The number of ether oxygens (including phenoxy) is 1. The Labute approximate surface area is 173 Å². The van der Waals surface area contributed by atoms with Gasteiger partial charge in [-0.15, -0.1) is 12.4 Å². The topological polar surface area (TPSA) is 93.4 Å². The van der Waals surface area contributed by atoms with Crippen molar-refractivity contribution in [1.82, 2.24) is 5.32 Å². The minimum absolute atomic E-state index is 0. The van der Waals surface area contributed by atoms with Crippen LogP contribution in [-0.4, -0.2) is 31.0 Å². The fourth-order valence-corrected chi connectivity index (χ4v) is 4.06. The van der Waals surface area contributed by atoms with Crippen LogP contribution in [0.25, 0.3) is 0 Å². The lowest BCUT2D eigenvalue weighted by Gasteiger charge is -2.29. The largest absolute Gasteiger partial charge is 0.492 e. The molecule has 0 bridgehead atoms. The Balaban J connectivity index is 0.00000280. The van der Waals surface area contributed by atoms with E-state index in [-0.39, 0.29) is 42.1 Å². The number of hydrogen-bond acceptors (Lipinski definition) is 4. The van der Waals surface area contributed by atoms with Gasteiger partial charge in [0, 0.05) is 30.1 Å². The maximum Gasteiger partial charge on any atom is 0.227 e. The predicted molar refractivity (Wildman–Crippen MR) is 113 cm³/mol. The Kier molecular flexibility index (Phi) is 9.06. The summed E-state index contributed by atoms with van der Waals surface area (Å²) in [7, 11) is 0. The van der Waals surface area contributed by atoms with Crippen LogP contribution in [0, 0.1) is 11.8 Å². The van der Waals surface area contributed by atoms with Crippen LogP contribution in [0.2, 0.25) is 0 Å². The lowest BCUT2D eigenvalue weighted by Crippen LogP contribution is -2.41. The van der Waals surface area contributed by atoms with Crippen LogP contribution in [0.15, 0.2) is 24.3 Å². The van der Waals surface area contributed by atoms with E-state index in [9.17, 15) is 9.59 Å². The molecule has 156 valence electrons. The first-order chi connectivity index (χ1) is 13.2. The van der Waals surface area contributed by atoms with Crippen molar-refractivity contribution in [3.8, 4) is 5.75 Å². The van der Waals surface area contributed by atoms with E-state index in [1.807, 2.05) is 24.3 Å². The van der Waals surface area contributed by atoms with Crippen molar-refractivity contribution < 1.29 is 14.3 Å². The number of amides is 2. The SMILES string of the molecule is Cl.NCCOc1ccc(NC(=O)C2CCC(NC(=O)C3CCCC3)CC2)cc1. The lowest BCUT2D eigenvalue weighted by atomic mass is 9.85. The molecule has 0 spiro atoms. The van der Waals surface area contributed by atoms with Gasteiger partial charge in [0.15, 0.2) is 0 Å². The molecule has 0 unspecified atom stereocenters. The van der Waals surface area contributed by atoms with Gasteiger partial charge in [-0.05, 0) is 62.8 Å². The van der Waals surface area contributed by atoms with Crippen molar-refractivity contribution >= 4 is 29.9 Å². The third-order valence-electron chi connectivity index (χ3n) is 5.68. The zero-order chi connectivity index (χ0) is 19.1. The number of carbonyl (C=O) groups is 2. The molecule has 0 heterocycles. The van der Waals surface area contributed by atoms with Crippen molar-refractivity contribution in [1.29, 1.82) is 0 Å². The Morgan fingerprint density at radius 3 is 2.14 bits per heavy atom. The third-order valence-corrected chi connectivity index (χ3v) is 5.68. The highest BCUT2D eigenvalue weighted by atomic mass is 35.5. The molecule has 1 aromatic carbocycles. The molecular weight excluding hydrogens is 378 g/mol. The van der Waals surface area contributed by atoms with E-state index >= 15 is 0 Å². The summed E-state index contributed by atoms with van der Waals surface area (Å²) in [6, 6.07) is 7.58. The summed E-state index contributed by atoms with van der Waals surface area (Å²) >= 11 is 0. The smallest absolute Gasteiger partial charge is 0.227 e. The van der Waals surface area contributed by atoms with Crippen molar-refractivity contribution in [3.05, 3.63) is 24.3 Å². The molecule has 0 aliphatic heterocycles. The molecule has 6 nitrogen and oxygen atoms in total. The second-order valence-corrected chi connectivity index (χ2v) is 7.69. The molecule has 0 radical (unpaired) electrons. The van der Waals surface area contributed by atoms with E-state index in [1.54, 1.807) is 0 Å². The maximum absolute atomic E-state index is 12.5. The van der Waals surface area contributed by atoms with E-state index in [2.05, 4.69) is 10.6 Å². The van der Waals surface area contributed by atoms with Gasteiger partial charge < -0.3 is 21.1 Å². The third kappa shape index (κ3) is 6.38. The highest BCUT2D eigenvalue weighted by Crippen LogP contribution is 2.28. The molecule has 0 saturated heterocycles. The van der Waals surface area contributed by atoms with Crippen LogP contribution < -0.4 is 21.1 Å². The van der Waals surface area contributed by atoms with Crippen LogP contribution in [0.5, 0.6) is 5.75 Å². The molecule has 3 rings (SSSR count). The minimum Gasteiger partial charge on any atom is -0.492 e. The first kappa shape index (κ1) is 22.5. The van der Waals surface area contributed by atoms with Gasteiger partial charge in [0.1, 0.15) is 12.4 Å². The molecular formula is C21H32ClN3O3. The molecule has 2 aliphatic rings. The zero-order valence-electron chi connectivity index (χ0n) is 16.3. The number of hydrogen-bond donors (Lipinski definition) is 3. The molecule has 0 aromatic heterocycles. The summed E-state index contributed by atoms with van der Waals surface area (Å²) < 4.78 is 5.44. The molecule has 1 aromatic rings. The van der Waals surface area contributed by atoms with E-state index in [1.165, 1.54) is 12.8 Å². The molecule has 0 atom stereocenters. The van der Waals surface area contributed by atoms with Gasteiger partial charge in [-0.25, -0.2) is 0 Å². The van der Waals surface area contributed by atoms with Crippen molar-refractivity contribution in [2.45, 2.75) is 57.4 Å². The maximum atomic E-state index is 12.5. The number of halogens is 1. The van der Waals surface area contributed by atoms with Gasteiger partial charge in [-0.1, -0.05) is 12.8 Å². The van der Waals surface area contributed by atoms with Crippen LogP contribution in [-0.2, 0) is 9.59 Å². The monoisotopic (exact) mass is 409 g/mol. The van der Waals surface area contributed by atoms with Gasteiger partial charge >= 0.3 is 0 Å². The summed E-state index contributed by atoms with van der Waals surface area (Å²) in [5, 5.41) is 6.19. The number of nitrogens with two attached hydrogens (primary N) is 1. The van der Waals surface area contributed by atoms with Crippen molar-refractivity contribution in [2.24, 2.45) is 17.6 Å². The molecule has 2 aliphatic carbocycles. The normalized spacial score (nSPS) is 22.2. The van der Waals surface area contributed by atoms with Gasteiger partial charge in [-0.2, -0.15) is 0 Å².